The lowest BCUT2D eigenvalue weighted by molar-refractivity contribution is 0.0734. The van der Waals surface area contributed by atoms with Crippen molar-refractivity contribution >= 4 is 28.9 Å². The van der Waals surface area contributed by atoms with Crippen LogP contribution in [0.25, 0.3) is 10.8 Å². The molecule has 4 aromatic carbocycles. The fourth-order valence-corrected chi connectivity index (χ4v) is 3.16. The van der Waals surface area contributed by atoms with Gasteiger partial charge in [-0.3, -0.25) is 4.79 Å². The number of amides is 1. The van der Waals surface area contributed by atoms with Crippen LogP contribution in [0.2, 0.25) is 0 Å². The maximum Gasteiger partial charge on any atom is 0.343 e. The summed E-state index contributed by atoms with van der Waals surface area (Å²) in [5.41, 5.74) is 4.28. The molecule has 0 unspecified atom stereocenters. The van der Waals surface area contributed by atoms with Gasteiger partial charge >= 0.3 is 5.97 Å². The summed E-state index contributed by atoms with van der Waals surface area (Å²) >= 11 is 0. The monoisotopic (exact) mass is 424 g/mol. The largest absolute Gasteiger partial charge is 0.497 e. The van der Waals surface area contributed by atoms with Gasteiger partial charge in [0, 0.05) is 5.56 Å². The fraction of sp³-hybridized carbons (Fsp3) is 0.0385. The van der Waals surface area contributed by atoms with E-state index in [0.717, 1.165) is 16.3 Å². The van der Waals surface area contributed by atoms with Crippen molar-refractivity contribution in [3.05, 3.63) is 108 Å². The third-order valence-electron chi connectivity index (χ3n) is 4.83. The van der Waals surface area contributed by atoms with E-state index in [2.05, 4.69) is 10.5 Å². The van der Waals surface area contributed by atoms with Crippen LogP contribution in [0.15, 0.2) is 96.1 Å². The molecule has 0 saturated carbocycles. The van der Waals surface area contributed by atoms with Crippen LogP contribution in [-0.4, -0.2) is 25.2 Å². The van der Waals surface area contributed by atoms with Crippen LogP contribution in [0, 0.1) is 0 Å². The van der Waals surface area contributed by atoms with Gasteiger partial charge in [-0.15, -0.1) is 0 Å². The highest BCUT2D eigenvalue weighted by Crippen LogP contribution is 2.19. The van der Waals surface area contributed by atoms with E-state index in [9.17, 15) is 9.59 Å². The molecule has 0 heterocycles. The molecule has 4 rings (SSSR count). The quantitative estimate of drug-likeness (QED) is 0.208. The minimum atomic E-state index is -0.462. The predicted octanol–water partition coefficient (Wildman–Crippen LogP) is 4.83. The van der Waals surface area contributed by atoms with Crippen molar-refractivity contribution in [3.63, 3.8) is 0 Å². The summed E-state index contributed by atoms with van der Waals surface area (Å²) in [4.78, 5) is 24.7. The van der Waals surface area contributed by atoms with Gasteiger partial charge < -0.3 is 9.47 Å². The zero-order valence-corrected chi connectivity index (χ0v) is 17.3. The second-order valence-electron chi connectivity index (χ2n) is 6.91. The Morgan fingerprint density at radius 2 is 1.50 bits per heavy atom. The highest BCUT2D eigenvalue weighted by atomic mass is 16.5. The topological polar surface area (TPSA) is 77.0 Å². The first-order valence-corrected chi connectivity index (χ1v) is 9.91. The summed E-state index contributed by atoms with van der Waals surface area (Å²) in [6.07, 6.45) is 1.53. The van der Waals surface area contributed by atoms with Crippen molar-refractivity contribution in [2.45, 2.75) is 0 Å². The van der Waals surface area contributed by atoms with E-state index in [1.54, 1.807) is 61.7 Å². The molecule has 0 radical (unpaired) electrons. The molecule has 0 spiro atoms. The molecule has 0 aliphatic rings. The summed E-state index contributed by atoms with van der Waals surface area (Å²) < 4.78 is 10.5. The Morgan fingerprint density at radius 3 is 2.25 bits per heavy atom. The third kappa shape index (κ3) is 4.82. The number of hydrogen-bond donors (Lipinski definition) is 1. The molecule has 0 fully saturated rings. The molecule has 1 amide bonds. The molecular weight excluding hydrogens is 404 g/mol. The third-order valence-corrected chi connectivity index (χ3v) is 4.83. The highest BCUT2D eigenvalue weighted by molar-refractivity contribution is 6.07. The normalized spacial score (nSPS) is 10.8. The van der Waals surface area contributed by atoms with Gasteiger partial charge in [0.15, 0.2) is 0 Å². The molecule has 1 N–H and O–H groups in total. The molecule has 32 heavy (non-hydrogen) atoms. The van der Waals surface area contributed by atoms with Crippen molar-refractivity contribution in [2.24, 2.45) is 5.10 Å². The Morgan fingerprint density at radius 1 is 0.812 bits per heavy atom. The molecule has 6 heteroatoms. The van der Waals surface area contributed by atoms with Crippen molar-refractivity contribution in [1.82, 2.24) is 5.43 Å². The number of carbonyl (C=O) groups excluding carboxylic acids is 2. The van der Waals surface area contributed by atoms with E-state index in [-0.39, 0.29) is 5.91 Å². The standard InChI is InChI=1S/C26H20N2O4/c1-31-21-15-11-20(12-16-21)26(30)32-22-13-9-18(10-14-22)17-27-28-25(29)24-8-4-6-19-5-2-3-7-23(19)24/h2-17H,1H3,(H,28,29). The van der Waals surface area contributed by atoms with Gasteiger partial charge in [0.2, 0.25) is 0 Å². The summed E-state index contributed by atoms with van der Waals surface area (Å²) in [6.45, 7) is 0. The molecule has 4 aromatic rings. The lowest BCUT2D eigenvalue weighted by atomic mass is 10.0. The maximum absolute atomic E-state index is 12.5. The SMILES string of the molecule is COc1ccc(C(=O)Oc2ccc(C=NNC(=O)c3cccc4ccccc34)cc2)cc1. The Balaban J connectivity index is 1.36. The average Bonchev–Trinajstić information content (AvgIpc) is 2.84. The molecule has 0 bridgehead atoms. The molecule has 6 nitrogen and oxygen atoms in total. The number of nitrogens with zero attached hydrogens (tertiary/aromatic N) is 1. The number of fused-ring (bicyclic) bond motifs is 1. The number of nitrogens with one attached hydrogen (secondary N) is 1. The van der Waals surface area contributed by atoms with Crippen LogP contribution in [0.3, 0.4) is 0 Å². The second kappa shape index (κ2) is 9.57. The maximum atomic E-state index is 12.5. The van der Waals surface area contributed by atoms with E-state index in [1.165, 1.54) is 6.21 Å². The molecule has 158 valence electrons. The van der Waals surface area contributed by atoms with Crippen molar-refractivity contribution in [2.75, 3.05) is 7.11 Å². The van der Waals surface area contributed by atoms with Crippen LogP contribution in [0.1, 0.15) is 26.3 Å². The molecule has 0 atom stereocenters. The zero-order chi connectivity index (χ0) is 22.3. The predicted molar refractivity (Wildman–Crippen MR) is 123 cm³/mol. The van der Waals surface area contributed by atoms with Gasteiger partial charge in [0.1, 0.15) is 11.5 Å². The van der Waals surface area contributed by atoms with Crippen molar-refractivity contribution in [3.8, 4) is 11.5 Å². The lowest BCUT2D eigenvalue weighted by Gasteiger charge is -2.06. The number of ether oxygens (including phenoxy) is 2. The molecule has 0 aromatic heterocycles. The van der Waals surface area contributed by atoms with E-state index >= 15 is 0 Å². The van der Waals surface area contributed by atoms with Gasteiger partial charge in [0.25, 0.3) is 5.91 Å². The summed E-state index contributed by atoms with van der Waals surface area (Å²) in [5.74, 6) is 0.319. The van der Waals surface area contributed by atoms with Gasteiger partial charge in [0.05, 0.1) is 18.9 Å². The second-order valence-corrected chi connectivity index (χ2v) is 6.91. The Labute approximate surface area is 185 Å². The number of methoxy groups -OCH3 is 1. The Bertz CT molecular complexity index is 1270. The van der Waals surface area contributed by atoms with Crippen LogP contribution < -0.4 is 14.9 Å². The van der Waals surface area contributed by atoms with Crippen LogP contribution >= 0.6 is 0 Å². The first kappa shape index (κ1) is 20.8. The summed E-state index contributed by atoms with van der Waals surface area (Å²) in [6, 6.07) is 26.7. The van der Waals surface area contributed by atoms with E-state index in [4.69, 9.17) is 9.47 Å². The van der Waals surface area contributed by atoms with Crippen LogP contribution in [0.4, 0.5) is 0 Å². The fourth-order valence-electron chi connectivity index (χ4n) is 3.16. The van der Waals surface area contributed by atoms with Gasteiger partial charge in [-0.2, -0.15) is 5.10 Å². The van der Waals surface area contributed by atoms with Gasteiger partial charge in [-0.1, -0.05) is 36.4 Å². The first-order valence-electron chi connectivity index (χ1n) is 9.91. The number of benzene rings is 4. The number of hydrazone groups is 1. The minimum Gasteiger partial charge on any atom is -0.497 e. The number of rotatable bonds is 6. The van der Waals surface area contributed by atoms with Crippen LogP contribution in [-0.2, 0) is 0 Å². The number of esters is 1. The van der Waals surface area contributed by atoms with Crippen LogP contribution in [0.5, 0.6) is 11.5 Å². The summed E-state index contributed by atoms with van der Waals surface area (Å²) in [5, 5.41) is 5.89. The van der Waals surface area contributed by atoms with E-state index in [1.807, 2.05) is 36.4 Å². The molecule has 0 aliphatic heterocycles. The number of carbonyl (C=O) groups is 2. The lowest BCUT2D eigenvalue weighted by Crippen LogP contribution is -2.17. The molecular formula is C26H20N2O4. The van der Waals surface area contributed by atoms with Gasteiger partial charge in [-0.05, 0) is 70.9 Å². The van der Waals surface area contributed by atoms with E-state index in [0.29, 0.717) is 22.6 Å². The first-order chi connectivity index (χ1) is 15.6. The van der Waals surface area contributed by atoms with E-state index < -0.39 is 5.97 Å². The Hall–Kier alpha value is -4.45. The van der Waals surface area contributed by atoms with Crippen molar-refractivity contribution in [1.29, 1.82) is 0 Å². The zero-order valence-electron chi connectivity index (χ0n) is 17.3. The minimum absolute atomic E-state index is 0.289. The Kier molecular flexibility index (Phi) is 6.22. The van der Waals surface area contributed by atoms with Gasteiger partial charge in [-0.25, -0.2) is 10.2 Å². The molecule has 0 aliphatic carbocycles. The molecule has 0 saturated heterocycles. The highest BCUT2D eigenvalue weighted by Gasteiger charge is 2.09. The summed E-state index contributed by atoms with van der Waals surface area (Å²) in [7, 11) is 1.56. The smallest absolute Gasteiger partial charge is 0.343 e. The van der Waals surface area contributed by atoms with Crippen molar-refractivity contribution < 1.29 is 19.1 Å². The average molecular weight is 424 g/mol. The number of hydrogen-bond acceptors (Lipinski definition) is 5.